The molecule has 0 saturated carbocycles. The van der Waals surface area contributed by atoms with Gasteiger partial charge < -0.3 is 5.11 Å². The number of fused-ring (bicyclic) bond motifs is 1. The first-order valence-electron chi connectivity index (χ1n) is 5.09. The normalized spacial score (nSPS) is 11.3. The minimum Gasteiger partial charge on any atom is -0.506 e. The zero-order valence-corrected chi connectivity index (χ0v) is 9.87. The van der Waals surface area contributed by atoms with Crippen molar-refractivity contribution in [3.8, 4) is 5.75 Å². The van der Waals surface area contributed by atoms with Gasteiger partial charge >= 0.3 is 0 Å². The molecule has 3 rings (SSSR count). The summed E-state index contributed by atoms with van der Waals surface area (Å²) in [6.07, 6.45) is 1.62. The molecule has 0 saturated heterocycles. The first-order valence-corrected chi connectivity index (χ1v) is 5.97. The van der Waals surface area contributed by atoms with E-state index in [-0.39, 0.29) is 5.75 Å². The van der Waals surface area contributed by atoms with Crippen LogP contribution in [-0.4, -0.2) is 20.3 Å². The molecule has 7 heteroatoms. The van der Waals surface area contributed by atoms with E-state index in [2.05, 4.69) is 25.4 Å². The lowest BCUT2D eigenvalue weighted by molar-refractivity contribution is 0.480. The highest BCUT2D eigenvalue weighted by atomic mass is 32.1. The van der Waals surface area contributed by atoms with E-state index in [1.165, 1.54) is 11.3 Å². The Kier molecular flexibility index (Phi) is 2.66. The maximum Gasteiger partial charge on any atom is 0.251 e. The van der Waals surface area contributed by atoms with Crippen LogP contribution in [0.25, 0.3) is 10.9 Å². The number of azo groups is 1. The summed E-state index contributed by atoms with van der Waals surface area (Å²) in [5.74, 6) is 0.125. The summed E-state index contributed by atoms with van der Waals surface area (Å²) in [5, 5.41) is 26.4. The Hall–Kier alpha value is -2.41. The SMILES string of the molecule is Oc1ccc(N=Nc2nncs2)c2cccnc12. The van der Waals surface area contributed by atoms with Crippen molar-refractivity contribution in [3.63, 3.8) is 0 Å². The maximum atomic E-state index is 9.69. The van der Waals surface area contributed by atoms with E-state index in [9.17, 15) is 5.11 Å². The zero-order chi connectivity index (χ0) is 12.4. The topological polar surface area (TPSA) is 83.6 Å². The summed E-state index contributed by atoms with van der Waals surface area (Å²) in [4.78, 5) is 4.11. The number of aromatic hydroxyl groups is 1. The average Bonchev–Trinajstić information content (AvgIpc) is 2.92. The summed E-state index contributed by atoms with van der Waals surface area (Å²) in [5.41, 5.74) is 2.72. The van der Waals surface area contributed by atoms with E-state index < -0.39 is 0 Å². The molecular weight excluding hydrogens is 250 g/mol. The molecule has 88 valence electrons. The molecule has 1 aromatic carbocycles. The van der Waals surface area contributed by atoms with Crippen LogP contribution in [0.3, 0.4) is 0 Å². The second-order valence-corrected chi connectivity index (χ2v) is 4.24. The lowest BCUT2D eigenvalue weighted by Gasteiger charge is -2.01. The summed E-state index contributed by atoms with van der Waals surface area (Å²) < 4.78 is 0. The van der Waals surface area contributed by atoms with Gasteiger partial charge in [0.1, 0.15) is 16.8 Å². The summed E-state index contributed by atoms with van der Waals surface area (Å²) in [7, 11) is 0. The molecule has 0 spiro atoms. The number of nitrogens with zero attached hydrogens (tertiary/aromatic N) is 5. The van der Waals surface area contributed by atoms with Crippen molar-refractivity contribution < 1.29 is 5.11 Å². The number of phenols is 1. The molecule has 0 aliphatic rings. The van der Waals surface area contributed by atoms with Gasteiger partial charge in [-0.3, -0.25) is 4.98 Å². The third-order valence-electron chi connectivity index (χ3n) is 2.32. The highest BCUT2D eigenvalue weighted by Gasteiger charge is 2.05. The Morgan fingerprint density at radius 1 is 1.17 bits per heavy atom. The van der Waals surface area contributed by atoms with E-state index in [0.717, 1.165) is 5.39 Å². The summed E-state index contributed by atoms with van der Waals surface area (Å²) >= 11 is 1.30. The smallest absolute Gasteiger partial charge is 0.251 e. The van der Waals surface area contributed by atoms with Crippen molar-refractivity contribution in [1.82, 2.24) is 15.2 Å². The Morgan fingerprint density at radius 2 is 2.11 bits per heavy atom. The molecule has 1 N–H and O–H groups in total. The lowest BCUT2D eigenvalue weighted by Crippen LogP contribution is -1.79. The molecule has 0 fully saturated rings. The maximum absolute atomic E-state index is 9.69. The van der Waals surface area contributed by atoms with Gasteiger partial charge in [0.15, 0.2) is 0 Å². The molecule has 2 aromatic heterocycles. The van der Waals surface area contributed by atoms with Crippen molar-refractivity contribution in [1.29, 1.82) is 0 Å². The molecule has 2 heterocycles. The largest absolute Gasteiger partial charge is 0.506 e. The minimum atomic E-state index is 0.125. The number of hydrogen-bond donors (Lipinski definition) is 1. The Bertz CT molecular complexity index is 711. The van der Waals surface area contributed by atoms with Crippen LogP contribution < -0.4 is 0 Å². The molecule has 0 bridgehead atoms. The zero-order valence-electron chi connectivity index (χ0n) is 9.06. The van der Waals surface area contributed by atoms with Crippen molar-refractivity contribution >= 4 is 33.1 Å². The molecule has 0 unspecified atom stereocenters. The van der Waals surface area contributed by atoms with Gasteiger partial charge in [-0.2, -0.15) is 0 Å². The average molecular weight is 257 g/mol. The lowest BCUT2D eigenvalue weighted by atomic mass is 10.2. The molecule has 6 nitrogen and oxygen atoms in total. The van der Waals surface area contributed by atoms with Crippen LogP contribution in [0.2, 0.25) is 0 Å². The fraction of sp³-hybridized carbons (Fsp3) is 0. The number of pyridine rings is 1. The molecule has 3 aromatic rings. The number of rotatable bonds is 2. The van der Waals surface area contributed by atoms with Crippen LogP contribution in [0.5, 0.6) is 5.75 Å². The molecule has 0 aliphatic heterocycles. The van der Waals surface area contributed by atoms with Gasteiger partial charge in [-0.05, 0) is 24.3 Å². The van der Waals surface area contributed by atoms with E-state index >= 15 is 0 Å². The molecule has 18 heavy (non-hydrogen) atoms. The molecular formula is C11H7N5OS. The third-order valence-corrected chi connectivity index (χ3v) is 2.89. The van der Waals surface area contributed by atoms with Gasteiger partial charge in [0, 0.05) is 11.6 Å². The number of hydrogen-bond acceptors (Lipinski definition) is 7. The van der Waals surface area contributed by atoms with Crippen molar-refractivity contribution in [2.24, 2.45) is 10.2 Å². The Labute approximate surface area is 106 Å². The fourth-order valence-electron chi connectivity index (χ4n) is 1.54. The standard InChI is InChI=1S/C11H7N5OS/c17-9-4-3-8(7-2-1-5-12-10(7)9)14-16-11-15-13-6-18-11/h1-6,17H. The first kappa shape index (κ1) is 10.7. The quantitative estimate of drug-likeness (QED) is 0.714. The van der Waals surface area contributed by atoms with Gasteiger partial charge in [0.2, 0.25) is 0 Å². The molecule has 0 amide bonds. The highest BCUT2D eigenvalue weighted by Crippen LogP contribution is 2.31. The monoisotopic (exact) mass is 257 g/mol. The minimum absolute atomic E-state index is 0.125. The second kappa shape index (κ2) is 4.46. The van der Waals surface area contributed by atoms with Crippen LogP contribution in [0, 0.1) is 0 Å². The van der Waals surface area contributed by atoms with Gasteiger partial charge in [0.05, 0.1) is 5.69 Å². The van der Waals surface area contributed by atoms with Crippen LogP contribution in [0.4, 0.5) is 10.8 Å². The fourth-order valence-corrected chi connectivity index (χ4v) is 1.91. The number of phenolic OH excluding ortho intramolecular Hbond substituents is 1. The number of aromatic nitrogens is 3. The third kappa shape index (κ3) is 1.91. The van der Waals surface area contributed by atoms with Gasteiger partial charge in [0.25, 0.3) is 5.13 Å². The predicted molar refractivity (Wildman–Crippen MR) is 67.5 cm³/mol. The van der Waals surface area contributed by atoms with Crippen LogP contribution in [0.1, 0.15) is 0 Å². The van der Waals surface area contributed by atoms with Crippen molar-refractivity contribution in [2.75, 3.05) is 0 Å². The van der Waals surface area contributed by atoms with Crippen LogP contribution in [0.15, 0.2) is 46.2 Å². The Morgan fingerprint density at radius 3 is 2.94 bits per heavy atom. The molecule has 0 radical (unpaired) electrons. The highest BCUT2D eigenvalue weighted by molar-refractivity contribution is 7.13. The van der Waals surface area contributed by atoms with E-state index in [0.29, 0.717) is 16.3 Å². The van der Waals surface area contributed by atoms with Crippen molar-refractivity contribution in [2.45, 2.75) is 0 Å². The van der Waals surface area contributed by atoms with Crippen molar-refractivity contribution in [3.05, 3.63) is 36.0 Å². The predicted octanol–water partition coefficient (Wildman–Crippen LogP) is 3.21. The van der Waals surface area contributed by atoms with E-state index in [1.54, 1.807) is 29.9 Å². The second-order valence-electron chi connectivity index (χ2n) is 3.42. The van der Waals surface area contributed by atoms with Crippen LogP contribution >= 0.6 is 11.3 Å². The summed E-state index contributed by atoms with van der Waals surface area (Å²) in [6.45, 7) is 0. The van der Waals surface area contributed by atoms with Gasteiger partial charge in [-0.25, -0.2) is 0 Å². The summed E-state index contributed by atoms with van der Waals surface area (Å²) in [6, 6.07) is 6.84. The first-order chi connectivity index (χ1) is 8.84. The number of benzene rings is 1. The Balaban J connectivity index is 2.10. The molecule has 0 atom stereocenters. The van der Waals surface area contributed by atoms with E-state index in [1.807, 2.05) is 6.07 Å². The van der Waals surface area contributed by atoms with Gasteiger partial charge in [-0.15, -0.1) is 20.4 Å². The molecule has 0 aliphatic carbocycles. The van der Waals surface area contributed by atoms with Gasteiger partial charge in [-0.1, -0.05) is 11.3 Å². The van der Waals surface area contributed by atoms with Crippen LogP contribution in [-0.2, 0) is 0 Å². The van der Waals surface area contributed by atoms with E-state index in [4.69, 9.17) is 0 Å².